The molecule has 0 bridgehead atoms. The highest BCUT2D eigenvalue weighted by Crippen LogP contribution is 2.41. The zero-order valence-corrected chi connectivity index (χ0v) is 12.5. The van der Waals surface area contributed by atoms with Crippen LogP contribution in [0.1, 0.15) is 17.4 Å². The number of nitro groups is 1. The lowest BCUT2D eigenvalue weighted by molar-refractivity contribution is -0.384. The van der Waals surface area contributed by atoms with Crippen molar-refractivity contribution in [3.05, 3.63) is 70.3 Å². The third-order valence-electron chi connectivity index (χ3n) is 3.50. The number of para-hydroxylation sites is 1. The lowest BCUT2D eigenvalue weighted by Crippen LogP contribution is -2.37. The Hall–Kier alpha value is -2.34. The maximum Gasteiger partial charge on any atom is 0.269 e. The molecule has 1 fully saturated rings. The Bertz CT molecular complexity index is 706. The Labute approximate surface area is 132 Å². The van der Waals surface area contributed by atoms with Gasteiger partial charge in [0.25, 0.3) is 5.69 Å². The fraction of sp³-hybridized carbons (Fsp3) is 0.188. The Balaban J connectivity index is 2.01. The van der Waals surface area contributed by atoms with E-state index in [2.05, 4.69) is 0 Å². The zero-order chi connectivity index (χ0) is 15.5. The molecular weight excluding hydrogens is 300 g/mol. The second-order valence-electron chi connectivity index (χ2n) is 4.92. The standard InChI is InChI=1S/C16H14N2O3S/c19-15-9-10-22-16(17(15)13-6-2-1-3-7-13)12-5-4-8-14(11-12)18(20)21/h1-8,11,16H,9-10H2. The summed E-state index contributed by atoms with van der Waals surface area (Å²) in [5.41, 5.74) is 1.64. The number of nitro benzene ring substituents is 1. The lowest BCUT2D eigenvalue weighted by atomic mass is 10.1. The molecule has 22 heavy (non-hydrogen) atoms. The summed E-state index contributed by atoms with van der Waals surface area (Å²) in [5.74, 6) is 0.761. The number of anilines is 1. The van der Waals surface area contributed by atoms with Crippen LogP contribution in [0.2, 0.25) is 0 Å². The van der Waals surface area contributed by atoms with Crippen molar-refractivity contribution in [2.75, 3.05) is 10.7 Å². The molecule has 1 amide bonds. The van der Waals surface area contributed by atoms with Gasteiger partial charge in [-0.3, -0.25) is 19.8 Å². The molecule has 1 aliphatic heterocycles. The summed E-state index contributed by atoms with van der Waals surface area (Å²) in [6.07, 6.45) is 0.477. The van der Waals surface area contributed by atoms with Gasteiger partial charge >= 0.3 is 0 Å². The Morgan fingerprint density at radius 1 is 1.14 bits per heavy atom. The Kier molecular flexibility index (Phi) is 4.11. The first kappa shape index (κ1) is 14.6. The first-order valence-electron chi connectivity index (χ1n) is 6.90. The summed E-state index contributed by atoms with van der Waals surface area (Å²) in [6.45, 7) is 0. The monoisotopic (exact) mass is 314 g/mol. The molecule has 1 atom stereocenters. The number of amides is 1. The highest BCUT2D eigenvalue weighted by Gasteiger charge is 2.31. The van der Waals surface area contributed by atoms with Crippen LogP contribution in [0, 0.1) is 10.1 Å². The largest absolute Gasteiger partial charge is 0.296 e. The van der Waals surface area contributed by atoms with Crippen LogP contribution in [-0.4, -0.2) is 16.6 Å². The molecular formula is C16H14N2O3S. The molecule has 1 unspecified atom stereocenters. The molecule has 0 aromatic heterocycles. The summed E-state index contributed by atoms with van der Waals surface area (Å²) in [6, 6.07) is 15.9. The molecule has 112 valence electrons. The van der Waals surface area contributed by atoms with Crippen LogP contribution < -0.4 is 4.90 Å². The number of hydrogen-bond donors (Lipinski definition) is 0. The van der Waals surface area contributed by atoms with Crippen molar-refractivity contribution >= 4 is 29.0 Å². The molecule has 2 aromatic rings. The number of hydrogen-bond acceptors (Lipinski definition) is 4. The van der Waals surface area contributed by atoms with Crippen LogP contribution in [0.25, 0.3) is 0 Å². The molecule has 0 radical (unpaired) electrons. The predicted molar refractivity (Wildman–Crippen MR) is 86.8 cm³/mol. The Morgan fingerprint density at radius 2 is 1.91 bits per heavy atom. The third kappa shape index (κ3) is 2.82. The highest BCUT2D eigenvalue weighted by atomic mass is 32.2. The molecule has 1 saturated heterocycles. The van der Waals surface area contributed by atoms with E-state index < -0.39 is 4.92 Å². The van der Waals surface area contributed by atoms with E-state index in [0.29, 0.717) is 6.42 Å². The van der Waals surface area contributed by atoms with Gasteiger partial charge in [0.1, 0.15) is 5.37 Å². The fourth-order valence-electron chi connectivity index (χ4n) is 2.49. The van der Waals surface area contributed by atoms with E-state index in [1.807, 2.05) is 36.4 Å². The molecule has 0 N–H and O–H groups in total. The van der Waals surface area contributed by atoms with Crippen LogP contribution in [-0.2, 0) is 4.79 Å². The Morgan fingerprint density at radius 3 is 2.64 bits per heavy atom. The average molecular weight is 314 g/mol. The van der Waals surface area contributed by atoms with Crippen molar-refractivity contribution in [2.24, 2.45) is 0 Å². The fourth-order valence-corrected chi connectivity index (χ4v) is 3.73. The van der Waals surface area contributed by atoms with Crippen LogP contribution in [0.15, 0.2) is 54.6 Å². The van der Waals surface area contributed by atoms with Crippen molar-refractivity contribution in [3.63, 3.8) is 0 Å². The zero-order valence-electron chi connectivity index (χ0n) is 11.7. The number of non-ortho nitro benzene ring substituents is 1. The van der Waals surface area contributed by atoms with E-state index in [-0.39, 0.29) is 17.0 Å². The first-order valence-corrected chi connectivity index (χ1v) is 7.95. The van der Waals surface area contributed by atoms with E-state index >= 15 is 0 Å². The van der Waals surface area contributed by atoms with Crippen molar-refractivity contribution in [1.82, 2.24) is 0 Å². The summed E-state index contributed by atoms with van der Waals surface area (Å²) in [7, 11) is 0. The minimum absolute atomic E-state index is 0.0430. The normalized spacial score (nSPS) is 18.3. The molecule has 5 nitrogen and oxygen atoms in total. The molecule has 6 heteroatoms. The smallest absolute Gasteiger partial charge is 0.269 e. The number of benzene rings is 2. The molecule has 1 aliphatic rings. The van der Waals surface area contributed by atoms with Crippen molar-refractivity contribution < 1.29 is 9.72 Å². The molecule has 2 aromatic carbocycles. The quantitative estimate of drug-likeness (QED) is 0.639. The minimum Gasteiger partial charge on any atom is -0.296 e. The highest BCUT2D eigenvalue weighted by molar-refractivity contribution is 7.99. The van der Waals surface area contributed by atoms with Gasteiger partial charge in [-0.25, -0.2) is 0 Å². The number of rotatable bonds is 3. The van der Waals surface area contributed by atoms with E-state index in [1.54, 1.807) is 28.8 Å². The van der Waals surface area contributed by atoms with Gasteiger partial charge in [0.05, 0.1) is 4.92 Å². The van der Waals surface area contributed by atoms with Gasteiger partial charge in [0, 0.05) is 30.0 Å². The van der Waals surface area contributed by atoms with Gasteiger partial charge in [0.15, 0.2) is 0 Å². The molecule has 0 spiro atoms. The average Bonchev–Trinajstić information content (AvgIpc) is 2.55. The van der Waals surface area contributed by atoms with E-state index in [0.717, 1.165) is 17.0 Å². The minimum atomic E-state index is -0.411. The van der Waals surface area contributed by atoms with Gasteiger partial charge in [-0.15, -0.1) is 11.8 Å². The summed E-state index contributed by atoms with van der Waals surface area (Å²) < 4.78 is 0. The van der Waals surface area contributed by atoms with Gasteiger partial charge in [-0.05, 0) is 17.7 Å². The van der Waals surface area contributed by atoms with Gasteiger partial charge < -0.3 is 0 Å². The van der Waals surface area contributed by atoms with E-state index in [9.17, 15) is 14.9 Å². The van der Waals surface area contributed by atoms with E-state index in [1.165, 1.54) is 6.07 Å². The summed E-state index contributed by atoms with van der Waals surface area (Å²) in [4.78, 5) is 24.7. The first-order chi connectivity index (χ1) is 10.7. The molecule has 3 rings (SSSR count). The molecule has 1 heterocycles. The number of carbonyl (C=O) groups excluding carboxylic acids is 1. The molecule has 0 aliphatic carbocycles. The van der Waals surface area contributed by atoms with Crippen molar-refractivity contribution in [3.8, 4) is 0 Å². The van der Waals surface area contributed by atoms with Crippen LogP contribution >= 0.6 is 11.8 Å². The van der Waals surface area contributed by atoms with Crippen LogP contribution in [0.3, 0.4) is 0 Å². The number of thioether (sulfide) groups is 1. The van der Waals surface area contributed by atoms with Crippen molar-refractivity contribution in [2.45, 2.75) is 11.8 Å². The summed E-state index contributed by atoms with van der Waals surface area (Å²) in [5, 5.41) is 10.7. The SMILES string of the molecule is O=C1CCSC(c2cccc([N+](=O)[O-])c2)N1c1ccccc1. The van der Waals surface area contributed by atoms with Crippen molar-refractivity contribution in [1.29, 1.82) is 0 Å². The molecule has 0 saturated carbocycles. The third-order valence-corrected chi connectivity index (χ3v) is 4.73. The number of carbonyl (C=O) groups is 1. The van der Waals surface area contributed by atoms with Crippen LogP contribution in [0.4, 0.5) is 11.4 Å². The lowest BCUT2D eigenvalue weighted by Gasteiger charge is -2.35. The second kappa shape index (κ2) is 6.19. The second-order valence-corrected chi connectivity index (χ2v) is 6.11. The topological polar surface area (TPSA) is 63.4 Å². The van der Waals surface area contributed by atoms with Gasteiger partial charge in [-0.1, -0.05) is 30.3 Å². The van der Waals surface area contributed by atoms with Gasteiger partial charge in [-0.2, -0.15) is 0 Å². The van der Waals surface area contributed by atoms with E-state index in [4.69, 9.17) is 0 Å². The maximum atomic E-state index is 12.4. The van der Waals surface area contributed by atoms with Crippen LogP contribution in [0.5, 0.6) is 0 Å². The predicted octanol–water partition coefficient (Wildman–Crippen LogP) is 3.76. The number of nitrogens with zero attached hydrogens (tertiary/aromatic N) is 2. The maximum absolute atomic E-state index is 12.4. The van der Waals surface area contributed by atoms with Gasteiger partial charge in [0.2, 0.25) is 5.91 Å². The summed E-state index contributed by atoms with van der Waals surface area (Å²) >= 11 is 1.63.